The van der Waals surface area contributed by atoms with Gasteiger partial charge in [0.15, 0.2) is 0 Å². The second-order valence-electron chi connectivity index (χ2n) is 3.35. The van der Waals surface area contributed by atoms with Gasteiger partial charge in [0.2, 0.25) is 0 Å². The van der Waals surface area contributed by atoms with Gasteiger partial charge in [0, 0.05) is 5.02 Å². The molecule has 0 saturated heterocycles. The minimum absolute atomic E-state index is 0.0785. The lowest BCUT2D eigenvalue weighted by atomic mass is 10.2. The van der Waals surface area contributed by atoms with E-state index in [-0.39, 0.29) is 6.61 Å². The molecule has 1 atom stereocenters. The monoisotopic (exact) mass is 243 g/mol. The van der Waals surface area contributed by atoms with E-state index < -0.39 is 12.0 Å². The standard InChI is InChI=1S/C11H14ClNO3/c1-7-5-8(12)3-4-10(7)16-6-9(13)11(14)15-2/h3-5,9H,6,13H2,1-2H3. The van der Waals surface area contributed by atoms with Crippen LogP contribution in [0, 0.1) is 6.92 Å². The molecule has 0 heterocycles. The van der Waals surface area contributed by atoms with E-state index >= 15 is 0 Å². The number of methoxy groups -OCH3 is 1. The maximum Gasteiger partial charge on any atom is 0.326 e. The number of halogens is 1. The van der Waals surface area contributed by atoms with E-state index in [0.29, 0.717) is 10.8 Å². The van der Waals surface area contributed by atoms with Crippen molar-refractivity contribution in [2.45, 2.75) is 13.0 Å². The average Bonchev–Trinajstić information content (AvgIpc) is 2.26. The molecule has 0 fully saturated rings. The lowest BCUT2D eigenvalue weighted by Gasteiger charge is -2.12. The molecule has 0 aliphatic heterocycles. The Morgan fingerprint density at radius 3 is 2.81 bits per heavy atom. The third kappa shape index (κ3) is 3.40. The molecule has 5 heteroatoms. The van der Waals surface area contributed by atoms with Crippen molar-refractivity contribution in [1.29, 1.82) is 0 Å². The van der Waals surface area contributed by atoms with Gasteiger partial charge >= 0.3 is 5.97 Å². The summed E-state index contributed by atoms with van der Waals surface area (Å²) in [5.41, 5.74) is 6.42. The highest BCUT2D eigenvalue weighted by molar-refractivity contribution is 6.30. The number of hydrogen-bond acceptors (Lipinski definition) is 4. The van der Waals surface area contributed by atoms with Crippen LogP contribution in [0.3, 0.4) is 0 Å². The molecule has 4 nitrogen and oxygen atoms in total. The van der Waals surface area contributed by atoms with Gasteiger partial charge in [0.05, 0.1) is 7.11 Å². The summed E-state index contributed by atoms with van der Waals surface area (Å²) in [5, 5.41) is 0.641. The van der Waals surface area contributed by atoms with E-state index in [1.54, 1.807) is 18.2 Å². The van der Waals surface area contributed by atoms with Crippen LogP contribution in [0.4, 0.5) is 0 Å². The van der Waals surface area contributed by atoms with Crippen molar-refractivity contribution in [2.24, 2.45) is 5.73 Å². The molecule has 0 radical (unpaired) electrons. The quantitative estimate of drug-likeness (QED) is 0.815. The molecule has 1 unspecified atom stereocenters. The summed E-state index contributed by atoms with van der Waals surface area (Å²) >= 11 is 5.80. The predicted molar refractivity (Wildman–Crippen MR) is 61.7 cm³/mol. The topological polar surface area (TPSA) is 61.5 Å². The largest absolute Gasteiger partial charge is 0.491 e. The van der Waals surface area contributed by atoms with Gasteiger partial charge in [-0.05, 0) is 30.7 Å². The molecule has 0 aromatic heterocycles. The number of nitrogens with two attached hydrogens (primary N) is 1. The number of benzene rings is 1. The summed E-state index contributed by atoms with van der Waals surface area (Å²) in [7, 11) is 1.29. The van der Waals surface area contributed by atoms with E-state index in [2.05, 4.69) is 4.74 Å². The Hall–Kier alpha value is -1.26. The first-order valence-corrected chi connectivity index (χ1v) is 5.14. The van der Waals surface area contributed by atoms with Crippen LogP contribution in [0.2, 0.25) is 5.02 Å². The van der Waals surface area contributed by atoms with Crippen LogP contribution < -0.4 is 10.5 Å². The molecule has 0 amide bonds. The van der Waals surface area contributed by atoms with Crippen molar-refractivity contribution in [1.82, 2.24) is 0 Å². The van der Waals surface area contributed by atoms with Crippen molar-refractivity contribution in [3.63, 3.8) is 0 Å². The summed E-state index contributed by atoms with van der Waals surface area (Å²) in [6.45, 7) is 1.94. The molecule has 1 aromatic carbocycles. The Labute approximate surface area is 99.3 Å². The Morgan fingerprint density at radius 2 is 2.25 bits per heavy atom. The van der Waals surface area contributed by atoms with Gasteiger partial charge in [-0.15, -0.1) is 0 Å². The zero-order valence-electron chi connectivity index (χ0n) is 9.20. The lowest BCUT2D eigenvalue weighted by Crippen LogP contribution is -2.37. The number of carbonyl (C=O) groups excluding carboxylic acids is 1. The predicted octanol–water partition coefficient (Wildman–Crippen LogP) is 1.53. The molecule has 0 bridgehead atoms. The molecule has 88 valence electrons. The highest BCUT2D eigenvalue weighted by Gasteiger charge is 2.14. The normalized spacial score (nSPS) is 12.0. The van der Waals surface area contributed by atoms with Crippen LogP contribution in [-0.4, -0.2) is 25.7 Å². The van der Waals surface area contributed by atoms with Gasteiger partial charge in [0.25, 0.3) is 0 Å². The number of carbonyl (C=O) groups is 1. The fraction of sp³-hybridized carbons (Fsp3) is 0.364. The zero-order valence-corrected chi connectivity index (χ0v) is 9.95. The van der Waals surface area contributed by atoms with Crippen molar-refractivity contribution >= 4 is 17.6 Å². The molecule has 0 aliphatic rings. The molecular weight excluding hydrogens is 230 g/mol. The fourth-order valence-electron chi connectivity index (χ4n) is 1.17. The second kappa shape index (κ2) is 5.72. The molecule has 2 N–H and O–H groups in total. The van der Waals surface area contributed by atoms with E-state index in [9.17, 15) is 4.79 Å². The van der Waals surface area contributed by atoms with Crippen LogP contribution in [0.15, 0.2) is 18.2 Å². The smallest absolute Gasteiger partial charge is 0.326 e. The van der Waals surface area contributed by atoms with E-state index in [4.69, 9.17) is 22.1 Å². The highest BCUT2D eigenvalue weighted by atomic mass is 35.5. The van der Waals surface area contributed by atoms with Crippen LogP contribution in [0.5, 0.6) is 5.75 Å². The lowest BCUT2D eigenvalue weighted by molar-refractivity contribution is -0.142. The maximum absolute atomic E-state index is 11.0. The van der Waals surface area contributed by atoms with Crippen molar-refractivity contribution in [3.05, 3.63) is 28.8 Å². The van der Waals surface area contributed by atoms with Gasteiger partial charge in [-0.3, -0.25) is 4.79 Å². The van der Waals surface area contributed by atoms with Crippen molar-refractivity contribution < 1.29 is 14.3 Å². The number of rotatable bonds is 4. The molecule has 16 heavy (non-hydrogen) atoms. The van der Waals surface area contributed by atoms with Gasteiger partial charge in [-0.25, -0.2) is 0 Å². The number of esters is 1. The van der Waals surface area contributed by atoms with Crippen LogP contribution in [0.1, 0.15) is 5.56 Å². The van der Waals surface area contributed by atoms with Gasteiger partial charge < -0.3 is 15.2 Å². The SMILES string of the molecule is COC(=O)C(N)COc1ccc(Cl)cc1C. The molecular formula is C11H14ClNO3. The summed E-state index contributed by atoms with van der Waals surface area (Å²) in [6.07, 6.45) is 0. The Bertz CT molecular complexity index is 381. The average molecular weight is 244 g/mol. The summed E-state index contributed by atoms with van der Waals surface area (Å²) in [4.78, 5) is 11.0. The van der Waals surface area contributed by atoms with Gasteiger partial charge in [-0.1, -0.05) is 11.6 Å². The molecule has 0 spiro atoms. The maximum atomic E-state index is 11.0. The Balaban J connectivity index is 2.58. The highest BCUT2D eigenvalue weighted by Crippen LogP contribution is 2.21. The first-order chi connectivity index (χ1) is 7.54. The van der Waals surface area contributed by atoms with Crippen LogP contribution >= 0.6 is 11.6 Å². The fourth-order valence-corrected chi connectivity index (χ4v) is 1.40. The first-order valence-electron chi connectivity index (χ1n) is 4.77. The number of aryl methyl sites for hydroxylation is 1. The number of hydrogen-bond donors (Lipinski definition) is 1. The zero-order chi connectivity index (χ0) is 12.1. The second-order valence-corrected chi connectivity index (χ2v) is 3.79. The molecule has 1 rings (SSSR count). The number of ether oxygens (including phenoxy) is 2. The van der Waals surface area contributed by atoms with Gasteiger partial charge in [0.1, 0.15) is 18.4 Å². The first kappa shape index (κ1) is 12.8. The minimum Gasteiger partial charge on any atom is -0.491 e. The van der Waals surface area contributed by atoms with E-state index in [0.717, 1.165) is 5.56 Å². The Morgan fingerprint density at radius 1 is 1.56 bits per heavy atom. The summed E-state index contributed by atoms with van der Waals surface area (Å²) in [6, 6.07) is 4.45. The van der Waals surface area contributed by atoms with Crippen LogP contribution in [-0.2, 0) is 9.53 Å². The van der Waals surface area contributed by atoms with E-state index in [1.807, 2.05) is 6.92 Å². The molecule has 0 aliphatic carbocycles. The Kier molecular flexibility index (Phi) is 4.58. The minimum atomic E-state index is -0.778. The van der Waals surface area contributed by atoms with Gasteiger partial charge in [-0.2, -0.15) is 0 Å². The van der Waals surface area contributed by atoms with E-state index in [1.165, 1.54) is 7.11 Å². The summed E-state index contributed by atoms with van der Waals surface area (Å²) < 4.78 is 9.88. The third-order valence-electron chi connectivity index (χ3n) is 2.06. The molecule has 0 saturated carbocycles. The van der Waals surface area contributed by atoms with Crippen molar-refractivity contribution in [2.75, 3.05) is 13.7 Å². The summed E-state index contributed by atoms with van der Waals surface area (Å²) in [5.74, 6) is 0.162. The third-order valence-corrected chi connectivity index (χ3v) is 2.29. The van der Waals surface area contributed by atoms with Crippen LogP contribution in [0.25, 0.3) is 0 Å². The van der Waals surface area contributed by atoms with Crippen molar-refractivity contribution in [3.8, 4) is 5.75 Å². The molecule has 1 aromatic rings.